The van der Waals surface area contributed by atoms with Gasteiger partial charge in [0.1, 0.15) is 23.8 Å². The van der Waals surface area contributed by atoms with Crippen LogP contribution in [-0.2, 0) is 32.2 Å². The number of nitrogens with zero attached hydrogens (tertiary/aromatic N) is 4. The van der Waals surface area contributed by atoms with Gasteiger partial charge in [-0.1, -0.05) is 47.7 Å². The molecule has 4 heterocycles. The van der Waals surface area contributed by atoms with E-state index in [-0.39, 0.29) is 25.1 Å². The molecule has 3 saturated heterocycles. The smallest absolute Gasteiger partial charge is 0.247 e. The number of hydrogen-bond donors (Lipinski definition) is 3. The molecule has 2 bridgehead atoms. The van der Waals surface area contributed by atoms with Crippen LogP contribution in [0.2, 0.25) is 0 Å². The topological polar surface area (TPSA) is 139 Å². The number of carbonyl (C=O) groups is 3. The number of carbonyl (C=O) groups excluding carboxylic acids is 3. The standard InChI is InChI=1S/C27H30N6O5/c1-28-24(35)21-20-11-12-27(38-20)22(21)26(37)33(17(14-34)13-16-7-3-2-4-8-16)23(27)25(36)29-15-32-19-10-6-5-9-18(19)30-31-32/h2-10,17,20-23,34H,11-15H2,1H3,(H,28,35)(H,29,36)/t17-,20+,21-,22+,23?,27?/m1/s1. The molecule has 3 aliphatic heterocycles. The van der Waals surface area contributed by atoms with Crippen molar-refractivity contribution in [2.24, 2.45) is 11.8 Å². The van der Waals surface area contributed by atoms with Crippen molar-refractivity contribution in [2.45, 2.75) is 49.7 Å². The van der Waals surface area contributed by atoms with Crippen molar-refractivity contribution < 1.29 is 24.2 Å². The Morgan fingerprint density at radius 3 is 2.68 bits per heavy atom. The summed E-state index contributed by atoms with van der Waals surface area (Å²) in [5, 5.41) is 24.3. The van der Waals surface area contributed by atoms with E-state index in [1.807, 2.05) is 54.6 Å². The highest BCUT2D eigenvalue weighted by atomic mass is 16.5. The first-order valence-electron chi connectivity index (χ1n) is 12.9. The fraction of sp³-hybridized carbons (Fsp3) is 0.444. The minimum Gasteiger partial charge on any atom is -0.394 e. The fourth-order valence-electron chi connectivity index (χ4n) is 6.67. The highest BCUT2D eigenvalue weighted by Crippen LogP contribution is 2.58. The number of rotatable bonds is 8. The number of hydrogen-bond acceptors (Lipinski definition) is 7. The molecule has 2 aromatic carbocycles. The van der Waals surface area contributed by atoms with Crippen LogP contribution in [0.15, 0.2) is 54.6 Å². The van der Waals surface area contributed by atoms with E-state index in [1.165, 1.54) is 11.9 Å². The lowest BCUT2D eigenvalue weighted by Crippen LogP contribution is -2.58. The van der Waals surface area contributed by atoms with E-state index in [1.54, 1.807) is 4.68 Å². The molecule has 6 atom stereocenters. The Morgan fingerprint density at radius 1 is 1.16 bits per heavy atom. The van der Waals surface area contributed by atoms with Crippen molar-refractivity contribution in [1.82, 2.24) is 30.5 Å². The maximum atomic E-state index is 14.1. The monoisotopic (exact) mass is 518 g/mol. The molecule has 0 radical (unpaired) electrons. The van der Waals surface area contributed by atoms with Crippen molar-refractivity contribution in [3.05, 3.63) is 60.2 Å². The molecule has 6 rings (SSSR count). The van der Waals surface area contributed by atoms with Gasteiger partial charge in [-0.05, 0) is 37.0 Å². The highest BCUT2D eigenvalue weighted by molar-refractivity contribution is 5.99. The van der Waals surface area contributed by atoms with Crippen LogP contribution in [-0.4, -0.2) is 80.2 Å². The minimum absolute atomic E-state index is 0.0450. The molecule has 1 aromatic heterocycles. The van der Waals surface area contributed by atoms with Crippen LogP contribution in [0.3, 0.4) is 0 Å². The summed E-state index contributed by atoms with van der Waals surface area (Å²) in [6.45, 7) is -0.293. The van der Waals surface area contributed by atoms with Crippen LogP contribution in [0.1, 0.15) is 18.4 Å². The lowest BCUT2D eigenvalue weighted by atomic mass is 9.70. The Kier molecular flexibility index (Phi) is 6.11. The number of aromatic nitrogens is 3. The van der Waals surface area contributed by atoms with Crippen LogP contribution in [0.4, 0.5) is 0 Å². The lowest BCUT2D eigenvalue weighted by Gasteiger charge is -2.36. The Morgan fingerprint density at radius 2 is 1.92 bits per heavy atom. The van der Waals surface area contributed by atoms with Crippen LogP contribution in [0, 0.1) is 11.8 Å². The number of benzene rings is 2. The Hall–Kier alpha value is -3.83. The van der Waals surface area contributed by atoms with Crippen molar-refractivity contribution in [1.29, 1.82) is 0 Å². The number of fused-ring (bicyclic) bond motifs is 2. The molecule has 3 fully saturated rings. The first kappa shape index (κ1) is 24.5. The third-order valence-corrected chi connectivity index (χ3v) is 8.28. The number of likely N-dealkylation sites (tertiary alicyclic amines) is 1. The summed E-state index contributed by atoms with van der Waals surface area (Å²) in [4.78, 5) is 42.4. The Balaban J connectivity index is 1.35. The Labute approximate surface area is 219 Å². The van der Waals surface area contributed by atoms with Crippen LogP contribution >= 0.6 is 0 Å². The van der Waals surface area contributed by atoms with Crippen LogP contribution in [0.25, 0.3) is 11.0 Å². The lowest BCUT2D eigenvalue weighted by molar-refractivity contribution is -0.145. The van der Waals surface area contributed by atoms with Gasteiger partial charge in [0.2, 0.25) is 17.7 Å². The molecule has 2 unspecified atom stereocenters. The summed E-state index contributed by atoms with van der Waals surface area (Å²) < 4.78 is 7.99. The third-order valence-electron chi connectivity index (χ3n) is 8.28. The number of aliphatic hydroxyl groups is 1. The maximum Gasteiger partial charge on any atom is 0.247 e. The second-order valence-corrected chi connectivity index (χ2v) is 10.2. The average molecular weight is 519 g/mol. The molecule has 11 nitrogen and oxygen atoms in total. The molecule has 3 N–H and O–H groups in total. The van der Waals surface area contributed by atoms with Gasteiger partial charge >= 0.3 is 0 Å². The van der Waals surface area contributed by atoms with E-state index in [4.69, 9.17) is 4.74 Å². The molecule has 11 heteroatoms. The zero-order valence-electron chi connectivity index (χ0n) is 21.0. The van der Waals surface area contributed by atoms with E-state index in [2.05, 4.69) is 20.9 Å². The summed E-state index contributed by atoms with van der Waals surface area (Å²) in [5.41, 5.74) is 1.25. The van der Waals surface area contributed by atoms with Crippen molar-refractivity contribution in [3.8, 4) is 0 Å². The van der Waals surface area contributed by atoms with E-state index in [0.717, 1.165) is 11.1 Å². The normalized spacial score (nSPS) is 28.5. The van der Waals surface area contributed by atoms with Gasteiger partial charge in [-0.3, -0.25) is 14.4 Å². The van der Waals surface area contributed by atoms with Crippen molar-refractivity contribution >= 4 is 28.8 Å². The molecule has 3 amide bonds. The SMILES string of the molecule is CNC(=O)[C@@H]1[C@@H]2CCC3(O2)C(C(=O)NCn2nnc4ccccc42)N([C@@H](CO)Cc2ccccc2)C(=O)[C@H]13. The van der Waals surface area contributed by atoms with E-state index in [9.17, 15) is 19.5 Å². The van der Waals surface area contributed by atoms with Gasteiger partial charge in [-0.25, -0.2) is 4.68 Å². The first-order chi connectivity index (χ1) is 18.5. The molecule has 38 heavy (non-hydrogen) atoms. The van der Waals surface area contributed by atoms with E-state index < -0.39 is 41.5 Å². The number of aliphatic hydroxyl groups excluding tert-OH is 1. The second kappa shape index (κ2) is 9.48. The highest BCUT2D eigenvalue weighted by Gasteiger charge is 2.75. The predicted octanol–water partition coefficient (Wildman–Crippen LogP) is 0.229. The zero-order chi connectivity index (χ0) is 26.4. The molecular weight excluding hydrogens is 488 g/mol. The first-order valence-corrected chi connectivity index (χ1v) is 12.9. The molecule has 3 aromatic rings. The molecule has 0 aliphatic carbocycles. The Bertz CT molecular complexity index is 1380. The summed E-state index contributed by atoms with van der Waals surface area (Å²) in [6.07, 6.45) is 0.987. The summed E-state index contributed by atoms with van der Waals surface area (Å²) in [7, 11) is 1.54. The second-order valence-electron chi connectivity index (χ2n) is 10.2. The van der Waals surface area contributed by atoms with Crippen molar-refractivity contribution in [3.63, 3.8) is 0 Å². The quantitative estimate of drug-likeness (QED) is 0.388. The van der Waals surface area contributed by atoms with Gasteiger partial charge in [0.05, 0.1) is 36.1 Å². The molecular formula is C27H30N6O5. The summed E-state index contributed by atoms with van der Waals surface area (Å²) >= 11 is 0. The van der Waals surface area contributed by atoms with Gasteiger partial charge in [0, 0.05) is 7.05 Å². The zero-order valence-corrected chi connectivity index (χ0v) is 21.0. The van der Waals surface area contributed by atoms with Gasteiger partial charge in [0.25, 0.3) is 0 Å². The number of amides is 3. The number of ether oxygens (including phenoxy) is 1. The number of nitrogens with one attached hydrogen (secondary N) is 2. The fourth-order valence-corrected chi connectivity index (χ4v) is 6.67. The largest absolute Gasteiger partial charge is 0.394 e. The number of para-hydroxylation sites is 1. The minimum atomic E-state index is -1.14. The molecule has 1 spiro atoms. The van der Waals surface area contributed by atoms with E-state index in [0.29, 0.717) is 24.8 Å². The third kappa shape index (κ3) is 3.68. The van der Waals surface area contributed by atoms with Gasteiger partial charge in [-0.15, -0.1) is 5.10 Å². The van der Waals surface area contributed by atoms with Crippen LogP contribution < -0.4 is 10.6 Å². The molecule has 0 saturated carbocycles. The molecule has 198 valence electrons. The maximum absolute atomic E-state index is 14.1. The van der Waals surface area contributed by atoms with Gasteiger partial charge in [-0.2, -0.15) is 0 Å². The summed E-state index contributed by atoms with van der Waals surface area (Å²) in [6, 6.07) is 15.3. The predicted molar refractivity (Wildman–Crippen MR) is 135 cm³/mol. The van der Waals surface area contributed by atoms with Gasteiger partial charge in [0.15, 0.2) is 0 Å². The molecule has 3 aliphatic rings. The van der Waals surface area contributed by atoms with E-state index >= 15 is 0 Å². The van der Waals surface area contributed by atoms with Crippen LogP contribution in [0.5, 0.6) is 0 Å². The van der Waals surface area contributed by atoms with Crippen molar-refractivity contribution in [2.75, 3.05) is 13.7 Å². The average Bonchev–Trinajstić information content (AvgIpc) is 3.70. The summed E-state index contributed by atoms with van der Waals surface area (Å²) in [5.74, 6) is -2.49. The van der Waals surface area contributed by atoms with Gasteiger partial charge < -0.3 is 25.4 Å².